The van der Waals surface area contributed by atoms with Crippen molar-refractivity contribution in [1.29, 1.82) is 0 Å². The van der Waals surface area contributed by atoms with Crippen LogP contribution in [0, 0.1) is 12.8 Å². The first-order chi connectivity index (χ1) is 6.68. The third-order valence-electron chi connectivity index (χ3n) is 2.03. The van der Waals surface area contributed by atoms with Crippen molar-refractivity contribution in [2.24, 2.45) is 5.92 Å². The Labute approximate surface area is 101 Å². The Kier molecular flexibility index (Phi) is 7.82. The highest BCUT2D eigenvalue weighted by molar-refractivity contribution is 7.32. The summed E-state index contributed by atoms with van der Waals surface area (Å²) in [5, 5.41) is 0. The summed E-state index contributed by atoms with van der Waals surface area (Å²) in [6.45, 7) is 6.58. The van der Waals surface area contributed by atoms with E-state index in [1.54, 1.807) is 0 Å². The van der Waals surface area contributed by atoms with Crippen LogP contribution in [0.15, 0.2) is 24.3 Å². The lowest BCUT2D eigenvalue weighted by Crippen LogP contribution is -1.90. The van der Waals surface area contributed by atoms with E-state index in [4.69, 9.17) is 4.52 Å². The Bertz CT molecular complexity index is 259. The van der Waals surface area contributed by atoms with E-state index in [2.05, 4.69) is 32.9 Å². The Hall–Kier alpha value is -0.260. The second kappa shape index (κ2) is 7.96. The van der Waals surface area contributed by atoms with Crippen LogP contribution in [-0.4, -0.2) is 6.16 Å². The van der Waals surface area contributed by atoms with E-state index in [9.17, 15) is 0 Å². The highest BCUT2D eigenvalue weighted by atomic mass is 35.5. The maximum absolute atomic E-state index is 5.64. The van der Waals surface area contributed by atoms with Crippen LogP contribution in [0.4, 0.5) is 0 Å². The lowest BCUT2D eigenvalue weighted by atomic mass is 10.2. The molecule has 1 rings (SSSR count). The third kappa shape index (κ3) is 6.76. The molecule has 1 atom stereocenters. The number of hydrogen-bond donors (Lipinski definition) is 0. The molecule has 86 valence electrons. The first kappa shape index (κ1) is 14.7. The van der Waals surface area contributed by atoms with Crippen LogP contribution in [0.2, 0.25) is 0 Å². The minimum atomic E-state index is 0. The standard InChI is InChI=1S/C12H19OP.ClH/c1-10(2)8-9-14-13-12-6-4-11(3)5-7-12;/h4-7,10,14H,8-9H2,1-3H3;1H. The topological polar surface area (TPSA) is 9.23 Å². The molecule has 0 aliphatic rings. The zero-order valence-corrected chi connectivity index (χ0v) is 11.4. The van der Waals surface area contributed by atoms with Crippen molar-refractivity contribution < 1.29 is 4.52 Å². The van der Waals surface area contributed by atoms with E-state index < -0.39 is 0 Å². The molecule has 1 aromatic rings. The van der Waals surface area contributed by atoms with Gasteiger partial charge in [0, 0.05) is 6.16 Å². The lowest BCUT2D eigenvalue weighted by Gasteiger charge is -2.07. The summed E-state index contributed by atoms with van der Waals surface area (Å²) in [7, 11) is 0.599. The Morgan fingerprint density at radius 2 is 1.80 bits per heavy atom. The van der Waals surface area contributed by atoms with Crippen LogP contribution >= 0.6 is 21.2 Å². The van der Waals surface area contributed by atoms with Gasteiger partial charge in [-0.05, 0) is 31.4 Å². The largest absolute Gasteiger partial charge is 0.477 e. The summed E-state index contributed by atoms with van der Waals surface area (Å²) in [6.07, 6.45) is 2.43. The van der Waals surface area contributed by atoms with E-state index in [-0.39, 0.29) is 12.4 Å². The van der Waals surface area contributed by atoms with Crippen molar-refractivity contribution >= 4 is 21.2 Å². The molecule has 0 fully saturated rings. The fourth-order valence-corrected chi connectivity index (χ4v) is 2.19. The first-order valence-electron chi connectivity index (χ1n) is 5.15. The van der Waals surface area contributed by atoms with Crippen LogP contribution < -0.4 is 4.52 Å². The molecule has 0 heterocycles. The summed E-state index contributed by atoms with van der Waals surface area (Å²) in [5.74, 6) is 1.78. The minimum Gasteiger partial charge on any atom is -0.477 e. The van der Waals surface area contributed by atoms with Gasteiger partial charge in [0.15, 0.2) is 0 Å². The number of benzene rings is 1. The van der Waals surface area contributed by atoms with E-state index in [1.807, 2.05) is 12.1 Å². The van der Waals surface area contributed by atoms with Gasteiger partial charge in [0.2, 0.25) is 0 Å². The van der Waals surface area contributed by atoms with Gasteiger partial charge in [-0.2, -0.15) is 0 Å². The van der Waals surface area contributed by atoms with Gasteiger partial charge >= 0.3 is 0 Å². The van der Waals surface area contributed by atoms with Gasteiger partial charge < -0.3 is 4.52 Å². The molecule has 0 bridgehead atoms. The molecule has 0 spiro atoms. The molecule has 1 aromatic carbocycles. The van der Waals surface area contributed by atoms with E-state index >= 15 is 0 Å². The smallest absolute Gasteiger partial charge is 0.122 e. The Morgan fingerprint density at radius 1 is 1.20 bits per heavy atom. The molecule has 0 radical (unpaired) electrons. The van der Waals surface area contributed by atoms with Crippen molar-refractivity contribution in [2.45, 2.75) is 27.2 Å². The summed E-state index contributed by atoms with van der Waals surface area (Å²) in [5.41, 5.74) is 1.28. The SMILES string of the molecule is Cc1ccc(OPCCC(C)C)cc1.Cl. The molecule has 0 saturated carbocycles. The predicted octanol–water partition coefficient (Wildman–Crippen LogP) is 4.44. The zero-order chi connectivity index (χ0) is 10.4. The summed E-state index contributed by atoms with van der Waals surface area (Å²) >= 11 is 0. The Balaban J connectivity index is 0.00000196. The maximum atomic E-state index is 5.64. The Morgan fingerprint density at radius 3 is 2.33 bits per heavy atom. The molecule has 0 aliphatic carbocycles. The van der Waals surface area contributed by atoms with Crippen LogP contribution in [0.1, 0.15) is 25.8 Å². The van der Waals surface area contributed by atoms with E-state index in [0.29, 0.717) is 8.81 Å². The molecule has 0 aromatic heterocycles. The first-order valence-corrected chi connectivity index (χ1v) is 6.26. The molecule has 3 heteroatoms. The molecule has 0 aliphatic heterocycles. The zero-order valence-electron chi connectivity index (χ0n) is 9.62. The molecule has 1 nitrogen and oxygen atoms in total. The predicted molar refractivity (Wildman–Crippen MR) is 71.7 cm³/mol. The van der Waals surface area contributed by atoms with Gasteiger partial charge in [0.1, 0.15) is 5.75 Å². The van der Waals surface area contributed by atoms with Gasteiger partial charge in [-0.25, -0.2) is 0 Å². The van der Waals surface area contributed by atoms with Gasteiger partial charge in [0.05, 0.1) is 8.81 Å². The van der Waals surface area contributed by atoms with Gasteiger partial charge in [-0.3, -0.25) is 0 Å². The second-order valence-electron chi connectivity index (χ2n) is 3.99. The van der Waals surface area contributed by atoms with Crippen LogP contribution in [0.3, 0.4) is 0 Å². The number of hydrogen-bond acceptors (Lipinski definition) is 1. The van der Waals surface area contributed by atoms with Crippen molar-refractivity contribution in [3.8, 4) is 5.75 Å². The fraction of sp³-hybridized carbons (Fsp3) is 0.500. The third-order valence-corrected chi connectivity index (χ3v) is 2.91. The number of halogens is 1. The summed E-state index contributed by atoms with van der Waals surface area (Å²) in [4.78, 5) is 0. The summed E-state index contributed by atoms with van der Waals surface area (Å²) in [6, 6.07) is 8.25. The van der Waals surface area contributed by atoms with Crippen molar-refractivity contribution in [3.63, 3.8) is 0 Å². The quantitative estimate of drug-likeness (QED) is 0.552. The average Bonchev–Trinajstić information content (AvgIpc) is 2.15. The lowest BCUT2D eigenvalue weighted by molar-refractivity contribution is 0.597. The molecule has 15 heavy (non-hydrogen) atoms. The van der Waals surface area contributed by atoms with Crippen molar-refractivity contribution in [1.82, 2.24) is 0 Å². The van der Waals surface area contributed by atoms with Crippen molar-refractivity contribution in [3.05, 3.63) is 29.8 Å². The summed E-state index contributed by atoms with van der Waals surface area (Å²) < 4.78 is 5.64. The molecular weight excluding hydrogens is 227 g/mol. The second-order valence-corrected chi connectivity index (χ2v) is 4.98. The van der Waals surface area contributed by atoms with E-state index in [1.165, 1.54) is 18.1 Å². The van der Waals surface area contributed by atoms with Crippen LogP contribution in [0.5, 0.6) is 5.75 Å². The molecule has 0 saturated heterocycles. The molecule has 1 unspecified atom stereocenters. The van der Waals surface area contributed by atoms with Gasteiger partial charge in [-0.1, -0.05) is 31.5 Å². The number of rotatable bonds is 5. The van der Waals surface area contributed by atoms with E-state index in [0.717, 1.165) is 11.7 Å². The number of aryl methyl sites for hydroxylation is 1. The monoisotopic (exact) mass is 246 g/mol. The van der Waals surface area contributed by atoms with Crippen LogP contribution in [-0.2, 0) is 0 Å². The van der Waals surface area contributed by atoms with Crippen LogP contribution in [0.25, 0.3) is 0 Å². The average molecular weight is 247 g/mol. The maximum Gasteiger partial charge on any atom is 0.122 e. The van der Waals surface area contributed by atoms with Gasteiger partial charge in [-0.15, -0.1) is 12.4 Å². The van der Waals surface area contributed by atoms with Gasteiger partial charge in [0.25, 0.3) is 0 Å². The fourth-order valence-electron chi connectivity index (χ4n) is 1.09. The minimum absolute atomic E-state index is 0. The normalized spacial score (nSPS) is 10.7. The molecule has 0 amide bonds. The highest BCUT2D eigenvalue weighted by Gasteiger charge is 1.96. The van der Waals surface area contributed by atoms with Crippen molar-refractivity contribution in [2.75, 3.05) is 6.16 Å². The molecular formula is C12H20ClOP. The molecule has 0 N–H and O–H groups in total. The highest BCUT2D eigenvalue weighted by Crippen LogP contribution is 2.22.